The van der Waals surface area contributed by atoms with Gasteiger partial charge in [0.2, 0.25) is 0 Å². The second-order valence-corrected chi connectivity index (χ2v) is 3.36. The van der Waals surface area contributed by atoms with E-state index in [1.807, 2.05) is 0 Å². The first-order valence-corrected chi connectivity index (χ1v) is 4.44. The summed E-state index contributed by atoms with van der Waals surface area (Å²) in [5.41, 5.74) is 0. The van der Waals surface area contributed by atoms with Crippen molar-refractivity contribution in [3.8, 4) is 0 Å². The Morgan fingerprint density at radius 2 is 2.00 bits per heavy atom. The van der Waals surface area contributed by atoms with Gasteiger partial charge in [0.15, 0.2) is 0 Å². The third-order valence-corrected chi connectivity index (χ3v) is 2.62. The molecule has 0 spiro atoms. The Balaban J connectivity index is 1.93. The molecular formula is C8H16N2. The fourth-order valence-corrected chi connectivity index (χ4v) is 2.04. The number of rotatable bonds is 0. The zero-order chi connectivity index (χ0) is 6.81. The third kappa shape index (κ3) is 1.18. The van der Waals surface area contributed by atoms with E-state index < -0.39 is 0 Å². The SMILES string of the molecule is C1CCN2CCCN[C@@H]2C1. The molecule has 0 saturated carbocycles. The van der Waals surface area contributed by atoms with Crippen LogP contribution < -0.4 is 5.32 Å². The molecule has 0 radical (unpaired) electrons. The minimum Gasteiger partial charge on any atom is -0.302 e. The molecule has 0 aliphatic carbocycles. The summed E-state index contributed by atoms with van der Waals surface area (Å²) in [4.78, 5) is 2.59. The van der Waals surface area contributed by atoms with Gasteiger partial charge in [0.25, 0.3) is 0 Å². The summed E-state index contributed by atoms with van der Waals surface area (Å²) in [5.74, 6) is 0. The van der Waals surface area contributed by atoms with E-state index in [1.165, 1.54) is 45.3 Å². The van der Waals surface area contributed by atoms with Crippen LogP contribution >= 0.6 is 0 Å². The topological polar surface area (TPSA) is 15.3 Å². The second kappa shape index (κ2) is 2.89. The van der Waals surface area contributed by atoms with Crippen LogP contribution in [0.1, 0.15) is 25.7 Å². The minimum absolute atomic E-state index is 0.738. The van der Waals surface area contributed by atoms with Crippen molar-refractivity contribution >= 4 is 0 Å². The van der Waals surface area contributed by atoms with E-state index in [9.17, 15) is 0 Å². The average Bonchev–Trinajstić information content (AvgIpc) is 2.05. The van der Waals surface area contributed by atoms with Crippen LogP contribution in [0.2, 0.25) is 0 Å². The van der Waals surface area contributed by atoms with E-state index in [0.29, 0.717) is 0 Å². The molecule has 2 rings (SSSR count). The Bertz CT molecular complexity index is 87.8. The molecule has 2 nitrogen and oxygen atoms in total. The number of nitrogens with one attached hydrogen (secondary N) is 1. The molecule has 0 amide bonds. The maximum absolute atomic E-state index is 3.55. The maximum Gasteiger partial charge on any atom is 0.0597 e. The average molecular weight is 140 g/mol. The molecule has 2 fully saturated rings. The molecule has 58 valence electrons. The van der Waals surface area contributed by atoms with Gasteiger partial charge in [-0.05, 0) is 38.8 Å². The van der Waals surface area contributed by atoms with Crippen LogP contribution in [-0.2, 0) is 0 Å². The molecule has 2 aliphatic rings. The highest BCUT2D eigenvalue weighted by Crippen LogP contribution is 2.17. The summed E-state index contributed by atoms with van der Waals surface area (Å²) >= 11 is 0. The fraction of sp³-hybridized carbons (Fsp3) is 1.00. The standard InChI is InChI=1S/C8H16N2/c1-2-6-10-7-3-5-9-8(10)4-1/h8-9H,1-7H2/t8-/m0/s1. The molecule has 0 aromatic carbocycles. The molecule has 2 heteroatoms. The molecule has 0 unspecified atom stereocenters. The van der Waals surface area contributed by atoms with E-state index in [4.69, 9.17) is 0 Å². The Labute approximate surface area is 62.6 Å². The highest BCUT2D eigenvalue weighted by molar-refractivity contribution is 4.78. The van der Waals surface area contributed by atoms with Gasteiger partial charge in [-0.25, -0.2) is 0 Å². The molecule has 1 N–H and O–H groups in total. The third-order valence-electron chi connectivity index (χ3n) is 2.62. The minimum atomic E-state index is 0.738. The van der Waals surface area contributed by atoms with Crippen LogP contribution in [-0.4, -0.2) is 30.7 Å². The largest absolute Gasteiger partial charge is 0.302 e. The van der Waals surface area contributed by atoms with Gasteiger partial charge in [-0.3, -0.25) is 4.90 Å². The Hall–Kier alpha value is -0.0800. The number of nitrogens with zero attached hydrogens (tertiary/aromatic N) is 1. The number of fused-ring (bicyclic) bond motifs is 1. The van der Waals surface area contributed by atoms with Crippen LogP contribution in [0.5, 0.6) is 0 Å². The lowest BCUT2D eigenvalue weighted by atomic mass is 10.1. The number of hydrogen-bond acceptors (Lipinski definition) is 2. The van der Waals surface area contributed by atoms with Crippen LogP contribution in [0.25, 0.3) is 0 Å². The zero-order valence-corrected chi connectivity index (χ0v) is 6.47. The summed E-state index contributed by atoms with van der Waals surface area (Å²) < 4.78 is 0. The van der Waals surface area contributed by atoms with Crippen molar-refractivity contribution in [1.82, 2.24) is 10.2 Å². The smallest absolute Gasteiger partial charge is 0.0597 e. The van der Waals surface area contributed by atoms with Gasteiger partial charge in [-0.1, -0.05) is 0 Å². The second-order valence-electron chi connectivity index (χ2n) is 3.36. The highest BCUT2D eigenvalue weighted by atomic mass is 15.3. The normalized spacial score (nSPS) is 35.4. The van der Waals surface area contributed by atoms with Gasteiger partial charge in [0.1, 0.15) is 0 Å². The Morgan fingerprint density at radius 3 is 2.90 bits per heavy atom. The van der Waals surface area contributed by atoms with E-state index >= 15 is 0 Å². The van der Waals surface area contributed by atoms with Gasteiger partial charge in [-0.15, -0.1) is 0 Å². The highest BCUT2D eigenvalue weighted by Gasteiger charge is 2.23. The van der Waals surface area contributed by atoms with Gasteiger partial charge < -0.3 is 5.32 Å². The maximum atomic E-state index is 3.55. The summed E-state index contributed by atoms with van der Waals surface area (Å²) in [6.45, 7) is 3.90. The molecular weight excluding hydrogens is 124 g/mol. The molecule has 2 heterocycles. The first-order valence-electron chi connectivity index (χ1n) is 4.44. The summed E-state index contributed by atoms with van der Waals surface area (Å²) in [6.07, 6.45) is 6.30. The predicted octanol–water partition coefficient (Wildman–Crippen LogP) is 0.792. The van der Waals surface area contributed by atoms with Crippen molar-refractivity contribution in [3.05, 3.63) is 0 Å². The zero-order valence-electron chi connectivity index (χ0n) is 6.47. The number of piperidine rings is 1. The molecule has 10 heavy (non-hydrogen) atoms. The van der Waals surface area contributed by atoms with E-state index in [2.05, 4.69) is 10.2 Å². The van der Waals surface area contributed by atoms with Gasteiger partial charge >= 0.3 is 0 Å². The lowest BCUT2D eigenvalue weighted by Gasteiger charge is -2.39. The summed E-state index contributed by atoms with van der Waals surface area (Å²) in [7, 11) is 0. The van der Waals surface area contributed by atoms with E-state index in [-0.39, 0.29) is 0 Å². The first-order chi connectivity index (χ1) is 4.97. The summed E-state index contributed by atoms with van der Waals surface area (Å²) in [6, 6.07) is 0. The molecule has 0 bridgehead atoms. The molecule has 2 saturated heterocycles. The Kier molecular flexibility index (Phi) is 1.91. The Morgan fingerprint density at radius 1 is 1.10 bits per heavy atom. The summed E-state index contributed by atoms with van der Waals surface area (Å²) in [5, 5.41) is 3.55. The van der Waals surface area contributed by atoms with E-state index in [0.717, 1.165) is 6.17 Å². The van der Waals surface area contributed by atoms with Crippen molar-refractivity contribution in [2.45, 2.75) is 31.8 Å². The first kappa shape index (κ1) is 6.62. The van der Waals surface area contributed by atoms with Crippen LogP contribution in [0.3, 0.4) is 0 Å². The predicted molar refractivity (Wildman–Crippen MR) is 41.8 cm³/mol. The molecule has 0 aromatic rings. The fourth-order valence-electron chi connectivity index (χ4n) is 2.04. The lowest BCUT2D eigenvalue weighted by Crippen LogP contribution is -2.53. The van der Waals surface area contributed by atoms with Crippen molar-refractivity contribution in [1.29, 1.82) is 0 Å². The van der Waals surface area contributed by atoms with Crippen molar-refractivity contribution in [2.24, 2.45) is 0 Å². The van der Waals surface area contributed by atoms with Crippen LogP contribution in [0, 0.1) is 0 Å². The van der Waals surface area contributed by atoms with Crippen LogP contribution in [0.4, 0.5) is 0 Å². The van der Waals surface area contributed by atoms with Crippen LogP contribution in [0.15, 0.2) is 0 Å². The monoisotopic (exact) mass is 140 g/mol. The van der Waals surface area contributed by atoms with Gasteiger partial charge in [0.05, 0.1) is 6.17 Å². The number of hydrogen-bond donors (Lipinski definition) is 1. The molecule has 1 atom stereocenters. The lowest BCUT2D eigenvalue weighted by molar-refractivity contribution is 0.0926. The van der Waals surface area contributed by atoms with E-state index in [1.54, 1.807) is 0 Å². The van der Waals surface area contributed by atoms with Crippen molar-refractivity contribution < 1.29 is 0 Å². The molecule has 0 aromatic heterocycles. The molecule has 2 aliphatic heterocycles. The quantitative estimate of drug-likeness (QED) is 0.535. The van der Waals surface area contributed by atoms with Gasteiger partial charge in [-0.2, -0.15) is 0 Å². The van der Waals surface area contributed by atoms with Crippen molar-refractivity contribution in [2.75, 3.05) is 19.6 Å². The van der Waals surface area contributed by atoms with Gasteiger partial charge in [0, 0.05) is 6.54 Å². The van der Waals surface area contributed by atoms with Crippen molar-refractivity contribution in [3.63, 3.8) is 0 Å².